The molecule has 6 nitrogen and oxygen atoms in total. The molecule has 0 spiro atoms. The lowest BCUT2D eigenvalue weighted by molar-refractivity contribution is 0.386. The Labute approximate surface area is 204 Å². The summed E-state index contributed by atoms with van der Waals surface area (Å²) in [4.78, 5) is 6.73. The summed E-state index contributed by atoms with van der Waals surface area (Å²) < 4.78 is 25.0. The van der Waals surface area contributed by atoms with Gasteiger partial charge in [0.05, 0.1) is 18.7 Å². The van der Waals surface area contributed by atoms with E-state index in [-0.39, 0.29) is 11.8 Å². The van der Waals surface area contributed by atoms with E-state index in [4.69, 9.17) is 21.5 Å². The molecule has 4 rings (SSSR count). The predicted molar refractivity (Wildman–Crippen MR) is 135 cm³/mol. The first-order chi connectivity index (χ1) is 16.5. The predicted octanol–water partition coefficient (Wildman–Crippen LogP) is 5.91. The zero-order valence-electron chi connectivity index (χ0n) is 19.9. The number of nitrogens with one attached hydrogen (secondary N) is 1. The Hall–Kier alpha value is -3.26. The molecular weight excluding hydrogens is 451 g/mol. The molecule has 0 saturated heterocycles. The number of allylic oxidation sites excluding steroid dienone is 1. The van der Waals surface area contributed by atoms with Gasteiger partial charge >= 0.3 is 0 Å². The zero-order chi connectivity index (χ0) is 24.2. The van der Waals surface area contributed by atoms with Crippen LogP contribution in [0.1, 0.15) is 56.7 Å². The van der Waals surface area contributed by atoms with Crippen molar-refractivity contribution >= 4 is 22.9 Å². The molecule has 3 aromatic rings. The van der Waals surface area contributed by atoms with Crippen molar-refractivity contribution in [3.05, 3.63) is 71.0 Å². The van der Waals surface area contributed by atoms with Crippen molar-refractivity contribution in [3.63, 3.8) is 0 Å². The number of ether oxygens (including phenoxy) is 1. The number of halogens is 1. The Morgan fingerprint density at radius 2 is 1.94 bits per heavy atom. The van der Waals surface area contributed by atoms with Crippen molar-refractivity contribution in [2.45, 2.75) is 46.1 Å². The Balaban J connectivity index is 1.77. The normalized spacial score (nSPS) is 16.1. The van der Waals surface area contributed by atoms with E-state index >= 15 is 0 Å². The number of unbranched alkanes of at least 4 members (excludes halogenated alkanes) is 1. The van der Waals surface area contributed by atoms with Gasteiger partial charge in [-0.15, -0.1) is 0 Å². The number of methoxy groups -OCH3 is 1. The summed E-state index contributed by atoms with van der Waals surface area (Å²) in [6, 6.07) is 12.8. The number of thiocarbonyl (C=S) groups is 1. The maximum Gasteiger partial charge on any atom is 0.258 e. The second-order valence-corrected chi connectivity index (χ2v) is 8.64. The minimum atomic E-state index is -0.481. The minimum absolute atomic E-state index is 0.165. The average Bonchev–Trinajstić information content (AvgIpc) is 3.33. The maximum absolute atomic E-state index is 14.3. The number of nitrogens with zero attached hydrogens (tertiary/aromatic N) is 3. The molecule has 178 valence electrons. The van der Waals surface area contributed by atoms with E-state index in [1.165, 1.54) is 18.7 Å². The van der Waals surface area contributed by atoms with Crippen LogP contribution in [0.4, 0.5) is 4.39 Å². The first-order valence-electron chi connectivity index (χ1n) is 11.5. The van der Waals surface area contributed by atoms with E-state index in [9.17, 15) is 4.39 Å². The lowest BCUT2D eigenvalue weighted by Crippen LogP contribution is -2.46. The first kappa shape index (κ1) is 23.9. The van der Waals surface area contributed by atoms with Gasteiger partial charge in [0.25, 0.3) is 5.89 Å². The smallest absolute Gasteiger partial charge is 0.258 e. The van der Waals surface area contributed by atoms with Crippen molar-refractivity contribution in [1.29, 1.82) is 0 Å². The quantitative estimate of drug-likeness (QED) is 0.402. The Morgan fingerprint density at radius 3 is 2.59 bits per heavy atom. The number of aryl methyl sites for hydroxylation is 1. The third-order valence-electron chi connectivity index (χ3n) is 6.12. The van der Waals surface area contributed by atoms with Crippen molar-refractivity contribution < 1.29 is 13.7 Å². The second-order valence-electron chi connectivity index (χ2n) is 8.25. The van der Waals surface area contributed by atoms with Crippen LogP contribution in [0.25, 0.3) is 17.0 Å². The summed E-state index contributed by atoms with van der Waals surface area (Å²) in [5, 5.41) is 8.30. The van der Waals surface area contributed by atoms with Gasteiger partial charge in [0.1, 0.15) is 0 Å². The van der Waals surface area contributed by atoms with Crippen LogP contribution in [0.3, 0.4) is 0 Å². The highest BCUT2D eigenvalue weighted by Crippen LogP contribution is 2.37. The van der Waals surface area contributed by atoms with Crippen LogP contribution in [0, 0.1) is 5.82 Å². The lowest BCUT2D eigenvalue weighted by atomic mass is 9.93. The molecule has 0 saturated carbocycles. The van der Waals surface area contributed by atoms with Gasteiger partial charge in [0.2, 0.25) is 5.82 Å². The number of hydrogen-bond acceptors (Lipinski definition) is 5. The number of rotatable bonds is 8. The van der Waals surface area contributed by atoms with Gasteiger partial charge in [-0.1, -0.05) is 49.7 Å². The maximum atomic E-state index is 14.3. The molecule has 1 unspecified atom stereocenters. The fourth-order valence-corrected chi connectivity index (χ4v) is 4.44. The Kier molecular flexibility index (Phi) is 7.26. The van der Waals surface area contributed by atoms with Gasteiger partial charge in [-0.3, -0.25) is 0 Å². The third-order valence-corrected chi connectivity index (χ3v) is 6.46. The average molecular weight is 481 g/mol. The van der Waals surface area contributed by atoms with Crippen molar-refractivity contribution in [2.24, 2.45) is 0 Å². The molecule has 34 heavy (non-hydrogen) atoms. The minimum Gasteiger partial charge on any atom is -0.494 e. The number of hydrogen-bond donors (Lipinski definition) is 1. The van der Waals surface area contributed by atoms with Crippen LogP contribution in [-0.2, 0) is 6.42 Å². The summed E-state index contributed by atoms with van der Waals surface area (Å²) in [6.07, 6.45) is 3.02. The van der Waals surface area contributed by atoms with Crippen molar-refractivity contribution in [3.8, 4) is 17.1 Å². The highest BCUT2D eigenvalue weighted by atomic mass is 32.1. The number of aromatic nitrogens is 2. The fraction of sp³-hybridized carbons (Fsp3) is 0.346. The second kappa shape index (κ2) is 10.3. The van der Waals surface area contributed by atoms with E-state index in [0.717, 1.165) is 42.6 Å². The van der Waals surface area contributed by atoms with E-state index < -0.39 is 5.82 Å². The van der Waals surface area contributed by atoms with Crippen molar-refractivity contribution in [1.82, 2.24) is 20.4 Å². The molecule has 2 aromatic carbocycles. The molecule has 0 radical (unpaired) electrons. The van der Waals surface area contributed by atoms with Gasteiger partial charge in [0, 0.05) is 17.8 Å². The van der Waals surface area contributed by atoms with Crippen LogP contribution in [0.15, 0.2) is 52.7 Å². The summed E-state index contributed by atoms with van der Waals surface area (Å²) >= 11 is 5.73. The molecule has 0 amide bonds. The van der Waals surface area contributed by atoms with E-state index in [1.54, 1.807) is 12.1 Å². The first-order valence-corrected chi connectivity index (χ1v) is 11.9. The summed E-state index contributed by atoms with van der Waals surface area (Å²) in [7, 11) is 1.43. The van der Waals surface area contributed by atoms with Crippen LogP contribution < -0.4 is 10.1 Å². The number of benzene rings is 2. The molecule has 0 fully saturated rings. The monoisotopic (exact) mass is 480 g/mol. The van der Waals surface area contributed by atoms with E-state index in [0.29, 0.717) is 22.4 Å². The fourth-order valence-electron chi connectivity index (χ4n) is 4.10. The Morgan fingerprint density at radius 1 is 1.18 bits per heavy atom. The van der Waals surface area contributed by atoms with Crippen LogP contribution in [0.5, 0.6) is 5.75 Å². The largest absolute Gasteiger partial charge is 0.494 e. The van der Waals surface area contributed by atoms with Gasteiger partial charge < -0.3 is 19.5 Å². The summed E-state index contributed by atoms with van der Waals surface area (Å²) in [6.45, 7) is 7.11. The SMILES string of the molecule is CCCCN1C(=S)NC(c2ccc(CC)cc2)C(c2nc(-c3ccc(OC)c(F)c3)no2)=C1C. The van der Waals surface area contributed by atoms with Gasteiger partial charge in [-0.05, 0) is 61.3 Å². The summed E-state index contributed by atoms with van der Waals surface area (Å²) in [5.74, 6) is 0.374. The highest BCUT2D eigenvalue weighted by molar-refractivity contribution is 7.80. The topological polar surface area (TPSA) is 63.4 Å². The van der Waals surface area contributed by atoms with E-state index in [1.807, 2.05) is 6.92 Å². The van der Waals surface area contributed by atoms with Crippen LogP contribution in [0.2, 0.25) is 0 Å². The highest BCUT2D eigenvalue weighted by Gasteiger charge is 2.33. The van der Waals surface area contributed by atoms with Gasteiger partial charge in [-0.2, -0.15) is 4.98 Å². The van der Waals surface area contributed by atoms with Crippen LogP contribution >= 0.6 is 12.2 Å². The summed E-state index contributed by atoms with van der Waals surface area (Å²) in [5.41, 5.74) is 4.66. The molecule has 0 bridgehead atoms. The van der Waals surface area contributed by atoms with Crippen molar-refractivity contribution in [2.75, 3.05) is 13.7 Å². The molecule has 1 aromatic heterocycles. The molecule has 1 N–H and O–H groups in total. The lowest BCUT2D eigenvalue weighted by Gasteiger charge is -2.37. The molecular formula is C26H29FN4O2S. The Bertz CT molecular complexity index is 1210. The van der Waals surface area contributed by atoms with E-state index in [2.05, 4.69) is 58.5 Å². The molecule has 2 heterocycles. The molecule has 0 aliphatic carbocycles. The van der Waals surface area contributed by atoms with Gasteiger partial charge in [-0.25, -0.2) is 4.39 Å². The zero-order valence-corrected chi connectivity index (χ0v) is 20.7. The van der Waals surface area contributed by atoms with Crippen LogP contribution in [-0.4, -0.2) is 33.8 Å². The van der Waals surface area contributed by atoms with Gasteiger partial charge in [0.15, 0.2) is 16.7 Å². The standard InChI is InChI=1S/C26H29FN4O2S/c1-5-7-14-31-16(3)22(23(28-26(31)34)18-10-8-17(6-2)9-11-18)25-29-24(30-33-25)19-12-13-21(32-4)20(27)15-19/h8-13,15,23H,5-7,14H2,1-4H3,(H,28,34). The molecule has 1 aliphatic heterocycles. The molecule has 1 aliphatic rings. The molecule has 8 heteroatoms. The molecule has 1 atom stereocenters. The third kappa shape index (κ3) is 4.68.